The molecule has 3 heterocycles. The summed E-state index contributed by atoms with van der Waals surface area (Å²) in [6, 6.07) is 13.2. The van der Waals surface area contributed by atoms with Gasteiger partial charge in [-0.2, -0.15) is 36.3 Å². The van der Waals surface area contributed by atoms with Crippen LogP contribution in [-0.2, 0) is 17.1 Å². The van der Waals surface area contributed by atoms with E-state index < -0.39 is 29.5 Å². The fourth-order valence-corrected chi connectivity index (χ4v) is 5.41. The standard InChI is InChI=1S/C27H23F6N5O3/c1-14(16-4-8-18(9-5-16)20-35-23(40-37-20)26(28,29)30)25(12-3-13-34-22(25)39)15(2)17-6-10-19(11-7-17)21-36-24(41-38-21)27(31,32)33/h4-11,14-15H,3,12-13H2,1-2H3,(H,34,39). The average Bonchev–Trinajstić information content (AvgIpc) is 3.64. The second-order valence-electron chi connectivity index (χ2n) is 9.93. The molecule has 1 aliphatic rings. The summed E-state index contributed by atoms with van der Waals surface area (Å²) in [4.78, 5) is 20.4. The van der Waals surface area contributed by atoms with E-state index in [4.69, 9.17) is 0 Å². The van der Waals surface area contributed by atoms with Crippen LogP contribution in [0.2, 0.25) is 0 Å². The number of rotatable bonds is 6. The van der Waals surface area contributed by atoms with E-state index >= 15 is 0 Å². The third-order valence-corrected chi connectivity index (χ3v) is 7.70. The number of piperidine rings is 1. The highest BCUT2D eigenvalue weighted by Gasteiger charge is 2.50. The van der Waals surface area contributed by atoms with Crippen LogP contribution in [0.3, 0.4) is 0 Å². The van der Waals surface area contributed by atoms with Gasteiger partial charge in [-0.05, 0) is 35.8 Å². The van der Waals surface area contributed by atoms with Crippen molar-refractivity contribution < 1.29 is 40.2 Å². The van der Waals surface area contributed by atoms with Gasteiger partial charge in [0, 0.05) is 17.7 Å². The summed E-state index contributed by atoms with van der Waals surface area (Å²) in [5.74, 6) is -4.09. The number of nitrogens with zero attached hydrogens (tertiary/aromatic N) is 4. The molecular weight excluding hydrogens is 556 g/mol. The van der Waals surface area contributed by atoms with Gasteiger partial charge in [0.05, 0.1) is 5.41 Å². The van der Waals surface area contributed by atoms with Gasteiger partial charge in [-0.15, -0.1) is 0 Å². The monoisotopic (exact) mass is 579 g/mol. The van der Waals surface area contributed by atoms with Crippen molar-refractivity contribution in [2.45, 2.75) is 50.9 Å². The zero-order valence-electron chi connectivity index (χ0n) is 21.7. The summed E-state index contributed by atoms with van der Waals surface area (Å²) in [7, 11) is 0. The first-order valence-electron chi connectivity index (χ1n) is 12.6. The van der Waals surface area contributed by atoms with Gasteiger partial charge in [0.15, 0.2) is 0 Å². The summed E-state index contributed by atoms with van der Waals surface area (Å²) in [6.07, 6.45) is -8.23. The van der Waals surface area contributed by atoms with Gasteiger partial charge >= 0.3 is 24.1 Å². The molecular formula is C27H23F6N5O3. The third kappa shape index (κ3) is 5.30. The van der Waals surface area contributed by atoms with Crippen molar-refractivity contribution in [1.82, 2.24) is 25.6 Å². The fraction of sp³-hybridized carbons (Fsp3) is 0.370. The predicted molar refractivity (Wildman–Crippen MR) is 131 cm³/mol. The van der Waals surface area contributed by atoms with Crippen molar-refractivity contribution in [1.29, 1.82) is 0 Å². The number of nitrogens with one attached hydrogen (secondary N) is 1. The van der Waals surface area contributed by atoms with E-state index in [-0.39, 0.29) is 29.4 Å². The summed E-state index contributed by atoms with van der Waals surface area (Å²) >= 11 is 0. The molecule has 2 atom stereocenters. The lowest BCUT2D eigenvalue weighted by atomic mass is 9.59. The Hall–Kier alpha value is -4.23. The summed E-state index contributed by atoms with van der Waals surface area (Å²) in [5.41, 5.74) is 1.30. The van der Waals surface area contributed by atoms with Gasteiger partial charge in [0.2, 0.25) is 17.6 Å². The Balaban J connectivity index is 1.42. The van der Waals surface area contributed by atoms with Crippen LogP contribution in [0.1, 0.15) is 61.4 Å². The van der Waals surface area contributed by atoms with E-state index in [2.05, 4.69) is 34.6 Å². The lowest BCUT2D eigenvalue weighted by molar-refractivity contribution is -0.160. The maximum atomic E-state index is 13.5. The number of alkyl halides is 6. The van der Waals surface area contributed by atoms with Crippen LogP contribution in [0.4, 0.5) is 26.3 Å². The Morgan fingerprint density at radius 2 is 1.17 bits per heavy atom. The fourth-order valence-electron chi connectivity index (χ4n) is 5.41. The Bertz CT molecular complexity index is 1420. The molecule has 0 radical (unpaired) electrons. The molecule has 14 heteroatoms. The number of hydrogen-bond donors (Lipinski definition) is 1. The van der Waals surface area contributed by atoms with E-state index in [1.807, 2.05) is 13.8 Å². The van der Waals surface area contributed by atoms with Crippen LogP contribution in [0.5, 0.6) is 0 Å². The van der Waals surface area contributed by atoms with E-state index in [0.29, 0.717) is 24.1 Å². The second kappa shape index (κ2) is 10.3. The van der Waals surface area contributed by atoms with Gasteiger partial charge in [0.1, 0.15) is 0 Å². The first-order valence-corrected chi connectivity index (χ1v) is 12.6. The van der Waals surface area contributed by atoms with Crippen LogP contribution in [0.15, 0.2) is 57.6 Å². The quantitative estimate of drug-likeness (QED) is 0.256. The summed E-state index contributed by atoms with van der Waals surface area (Å²) in [5, 5.41) is 9.79. The molecule has 8 nitrogen and oxygen atoms in total. The van der Waals surface area contributed by atoms with E-state index in [1.54, 1.807) is 48.5 Å². The molecule has 0 spiro atoms. The van der Waals surface area contributed by atoms with Crippen LogP contribution < -0.4 is 5.32 Å². The molecule has 4 aromatic rings. The van der Waals surface area contributed by atoms with Crippen molar-refractivity contribution in [2.24, 2.45) is 5.41 Å². The van der Waals surface area contributed by atoms with E-state index in [1.165, 1.54) is 0 Å². The van der Waals surface area contributed by atoms with Crippen LogP contribution >= 0.6 is 0 Å². The highest BCUT2D eigenvalue weighted by atomic mass is 19.4. The SMILES string of the molecule is CC(c1ccc(-c2noc(C(F)(F)F)n2)cc1)C1(C(C)c2ccc(-c3noc(C(F)(F)F)n3)cc2)CCCNC1=O. The zero-order valence-corrected chi connectivity index (χ0v) is 21.7. The molecule has 1 amide bonds. The van der Waals surface area contributed by atoms with Crippen molar-refractivity contribution in [3.63, 3.8) is 0 Å². The maximum Gasteiger partial charge on any atom is 0.471 e. The largest absolute Gasteiger partial charge is 0.471 e. The van der Waals surface area contributed by atoms with Crippen molar-refractivity contribution in [2.75, 3.05) is 6.54 Å². The summed E-state index contributed by atoms with van der Waals surface area (Å²) in [6.45, 7) is 4.36. The first-order chi connectivity index (χ1) is 19.3. The Morgan fingerprint density at radius 3 is 1.51 bits per heavy atom. The number of benzene rings is 2. The van der Waals surface area contributed by atoms with Crippen LogP contribution in [-0.4, -0.2) is 32.7 Å². The molecule has 41 heavy (non-hydrogen) atoms. The van der Waals surface area contributed by atoms with Crippen molar-refractivity contribution >= 4 is 5.91 Å². The van der Waals surface area contributed by atoms with Crippen LogP contribution in [0, 0.1) is 5.41 Å². The van der Waals surface area contributed by atoms with Gasteiger partial charge in [0.25, 0.3) is 0 Å². The number of carbonyl (C=O) groups excluding carboxylic acids is 1. The minimum absolute atomic E-state index is 0.141. The lowest BCUT2D eigenvalue weighted by Gasteiger charge is -2.45. The molecule has 1 aliphatic heterocycles. The number of aromatic nitrogens is 4. The molecule has 0 saturated carbocycles. The van der Waals surface area contributed by atoms with Gasteiger partial charge in [-0.1, -0.05) is 72.7 Å². The lowest BCUT2D eigenvalue weighted by Crippen LogP contribution is -2.51. The number of carbonyl (C=O) groups is 1. The number of hydrogen-bond acceptors (Lipinski definition) is 7. The molecule has 1 fully saturated rings. The smallest absolute Gasteiger partial charge is 0.356 e. The summed E-state index contributed by atoms with van der Waals surface area (Å²) < 4.78 is 85.8. The van der Waals surface area contributed by atoms with Crippen molar-refractivity contribution in [3.05, 3.63) is 71.4 Å². The highest BCUT2D eigenvalue weighted by molar-refractivity contribution is 5.85. The molecule has 0 bridgehead atoms. The molecule has 216 valence electrons. The average molecular weight is 580 g/mol. The van der Waals surface area contributed by atoms with Crippen LogP contribution in [0.25, 0.3) is 22.8 Å². The third-order valence-electron chi connectivity index (χ3n) is 7.70. The number of amides is 1. The molecule has 1 N–H and O–H groups in total. The van der Waals surface area contributed by atoms with Gasteiger partial charge < -0.3 is 14.4 Å². The minimum atomic E-state index is -4.76. The number of halogens is 6. The van der Waals surface area contributed by atoms with Gasteiger partial charge in [-0.3, -0.25) is 4.79 Å². The van der Waals surface area contributed by atoms with E-state index in [0.717, 1.165) is 17.5 Å². The minimum Gasteiger partial charge on any atom is -0.356 e. The normalized spacial score (nSPS) is 19.6. The first kappa shape index (κ1) is 28.3. The second-order valence-corrected chi connectivity index (χ2v) is 9.93. The Morgan fingerprint density at radius 1 is 0.756 bits per heavy atom. The Kier molecular flexibility index (Phi) is 7.12. The molecule has 1 saturated heterocycles. The molecule has 0 aliphatic carbocycles. The molecule has 2 aromatic carbocycles. The molecule has 5 rings (SSSR count). The van der Waals surface area contributed by atoms with E-state index in [9.17, 15) is 31.1 Å². The van der Waals surface area contributed by atoms with Crippen molar-refractivity contribution in [3.8, 4) is 22.8 Å². The maximum absolute atomic E-state index is 13.5. The highest BCUT2D eigenvalue weighted by Crippen LogP contribution is 2.51. The topological polar surface area (TPSA) is 107 Å². The van der Waals surface area contributed by atoms with Gasteiger partial charge in [-0.25, -0.2) is 0 Å². The Labute approximate surface area is 229 Å². The molecule has 2 aromatic heterocycles. The predicted octanol–water partition coefficient (Wildman–Crippen LogP) is 6.63. The zero-order chi connectivity index (χ0) is 29.6. The molecule has 2 unspecified atom stereocenters.